The summed E-state index contributed by atoms with van der Waals surface area (Å²) in [5.41, 5.74) is 8.60. The van der Waals surface area contributed by atoms with Gasteiger partial charge in [0, 0.05) is 47.9 Å². The Labute approximate surface area is 280 Å². The summed E-state index contributed by atoms with van der Waals surface area (Å²) in [7, 11) is 3.79. The second-order valence-electron chi connectivity index (χ2n) is 14.7. The number of allylic oxidation sites excluding steroid dienone is 2. The molecule has 12 heteroatoms. The van der Waals surface area contributed by atoms with E-state index in [0.29, 0.717) is 40.1 Å². The lowest BCUT2D eigenvalue weighted by molar-refractivity contribution is 0.00223. The van der Waals surface area contributed by atoms with Gasteiger partial charge in [-0.25, -0.2) is 14.8 Å². The summed E-state index contributed by atoms with van der Waals surface area (Å²) in [6.45, 7) is 9.67. The van der Waals surface area contributed by atoms with Crippen molar-refractivity contribution in [2.75, 3.05) is 14.1 Å². The van der Waals surface area contributed by atoms with Crippen molar-refractivity contribution in [1.82, 2.24) is 19.8 Å². The number of ketones is 1. The summed E-state index contributed by atoms with van der Waals surface area (Å²) in [6, 6.07) is 4.04. The number of rotatable bonds is 7. The predicted octanol–water partition coefficient (Wildman–Crippen LogP) is 5.90. The van der Waals surface area contributed by atoms with Crippen molar-refractivity contribution in [1.29, 1.82) is 5.26 Å². The molecule has 3 aliphatic carbocycles. The third-order valence-corrected chi connectivity index (χ3v) is 11.3. The molecule has 1 saturated heterocycles. The highest BCUT2D eigenvalue weighted by atomic mass is 32.1. The normalized spacial score (nSPS) is 27.3. The highest BCUT2D eigenvalue weighted by molar-refractivity contribution is 7.16. The summed E-state index contributed by atoms with van der Waals surface area (Å²) >= 11 is 1.55. The minimum atomic E-state index is -0.602. The summed E-state index contributed by atoms with van der Waals surface area (Å²) in [5.74, 6) is 0.595. The number of aliphatic imine (C=N–C) groups is 1. The number of amides is 1. The second kappa shape index (κ2) is 12.2. The number of carbonyl (C=O) groups is 2. The van der Waals surface area contributed by atoms with E-state index >= 15 is 0 Å². The molecular formula is C35H45N7O4S. The van der Waals surface area contributed by atoms with E-state index in [2.05, 4.69) is 28.0 Å². The van der Waals surface area contributed by atoms with Crippen molar-refractivity contribution >= 4 is 34.6 Å². The molecule has 1 saturated carbocycles. The first kappa shape index (κ1) is 32.9. The lowest BCUT2D eigenvalue weighted by Gasteiger charge is -2.42. The molecule has 2 fully saturated rings. The Morgan fingerprint density at radius 2 is 2.00 bits per heavy atom. The standard InChI is InChI=1S/C35H45N7O4S/c1-19-22-16-25(42(28(19)22)33(44)46-34(3,4)5)20(2)45-32-38-15-12-24(40-32)29(43)21-10-8-13-35(30(21)37)14-9-11-26-27(35)23(17-36)31(47-26)39-18-41(6)7/h12,15,18-20,22,25,28H,8-11,13-14,16,37H2,1-7H3/t19-,20-,22?,25-,28-,35-/m0/s1. The summed E-state index contributed by atoms with van der Waals surface area (Å²) in [6.07, 6.45) is 7.94. The molecule has 2 aromatic rings. The van der Waals surface area contributed by atoms with Gasteiger partial charge in [0.2, 0.25) is 5.78 Å². The maximum atomic E-state index is 14.1. The molecule has 47 heavy (non-hydrogen) atoms. The van der Waals surface area contributed by atoms with Crippen LogP contribution in [0.5, 0.6) is 6.01 Å². The predicted molar refractivity (Wildman–Crippen MR) is 180 cm³/mol. The number of fused-ring (bicyclic) bond motifs is 3. The zero-order valence-electron chi connectivity index (χ0n) is 28.4. The molecule has 0 bridgehead atoms. The van der Waals surface area contributed by atoms with E-state index < -0.39 is 17.1 Å². The summed E-state index contributed by atoms with van der Waals surface area (Å²) < 4.78 is 12.0. The number of aryl methyl sites for hydroxylation is 1. The number of carbonyl (C=O) groups excluding carboxylic acids is 2. The first-order valence-corrected chi connectivity index (χ1v) is 17.4. The van der Waals surface area contributed by atoms with Gasteiger partial charge in [-0.05, 0) is 96.1 Å². The van der Waals surface area contributed by atoms with Gasteiger partial charge in [-0.15, -0.1) is 11.3 Å². The van der Waals surface area contributed by atoms with Gasteiger partial charge in [-0.3, -0.25) is 9.69 Å². The average Bonchev–Trinajstić information content (AvgIpc) is 3.32. The molecule has 3 heterocycles. The Bertz CT molecular complexity index is 1680. The van der Waals surface area contributed by atoms with E-state index in [1.54, 1.807) is 23.7 Å². The molecular weight excluding hydrogens is 614 g/mol. The van der Waals surface area contributed by atoms with Gasteiger partial charge < -0.3 is 20.1 Å². The number of nitrogens with zero attached hydrogens (tertiary/aromatic N) is 6. The van der Waals surface area contributed by atoms with Gasteiger partial charge in [0.15, 0.2) is 0 Å². The first-order chi connectivity index (χ1) is 22.3. The Morgan fingerprint density at radius 3 is 2.68 bits per heavy atom. The summed E-state index contributed by atoms with van der Waals surface area (Å²) in [4.78, 5) is 45.6. The van der Waals surface area contributed by atoms with E-state index in [1.165, 1.54) is 6.20 Å². The van der Waals surface area contributed by atoms with E-state index in [4.69, 9.17) is 15.2 Å². The molecule has 1 aliphatic heterocycles. The number of Topliss-reactive ketones (excluding diaryl/α,β-unsaturated/α-hetero) is 1. The Kier molecular flexibility index (Phi) is 8.57. The number of piperidine rings is 1. The highest BCUT2D eigenvalue weighted by Crippen LogP contribution is 2.55. The monoisotopic (exact) mass is 659 g/mol. The molecule has 11 nitrogen and oxygen atoms in total. The highest BCUT2D eigenvalue weighted by Gasteiger charge is 2.62. The van der Waals surface area contributed by atoms with Crippen molar-refractivity contribution in [2.24, 2.45) is 22.6 Å². The fourth-order valence-corrected chi connectivity index (χ4v) is 9.16. The molecule has 2 aromatic heterocycles. The lowest BCUT2D eigenvalue weighted by atomic mass is 9.62. The maximum absolute atomic E-state index is 14.1. The van der Waals surface area contributed by atoms with E-state index in [1.807, 2.05) is 51.6 Å². The van der Waals surface area contributed by atoms with Crippen LogP contribution in [-0.2, 0) is 16.6 Å². The zero-order chi connectivity index (χ0) is 33.8. The van der Waals surface area contributed by atoms with Crippen LogP contribution >= 0.6 is 11.3 Å². The largest absolute Gasteiger partial charge is 0.458 e. The van der Waals surface area contributed by atoms with Crippen LogP contribution in [0, 0.1) is 23.2 Å². The minimum absolute atomic E-state index is 0.0822. The van der Waals surface area contributed by atoms with Crippen LogP contribution in [0.15, 0.2) is 28.5 Å². The molecule has 4 aliphatic rings. The molecule has 1 unspecified atom stereocenters. The van der Waals surface area contributed by atoms with Crippen LogP contribution in [0.25, 0.3) is 0 Å². The first-order valence-electron chi connectivity index (χ1n) is 16.6. The van der Waals surface area contributed by atoms with Gasteiger partial charge in [0.1, 0.15) is 28.5 Å². The molecule has 250 valence electrons. The smallest absolute Gasteiger partial charge is 0.410 e. The fourth-order valence-electron chi connectivity index (χ4n) is 7.93. The molecule has 1 spiro atoms. The van der Waals surface area contributed by atoms with Gasteiger partial charge in [-0.1, -0.05) is 6.92 Å². The number of likely N-dealkylation sites (tertiary alicyclic amines) is 1. The van der Waals surface area contributed by atoms with Crippen molar-refractivity contribution in [3.63, 3.8) is 0 Å². The second-order valence-corrected chi connectivity index (χ2v) is 15.7. The number of hydrogen-bond donors (Lipinski definition) is 1. The van der Waals surface area contributed by atoms with Crippen molar-refractivity contribution < 1.29 is 19.1 Å². The molecule has 1 amide bonds. The molecule has 0 aromatic carbocycles. The lowest BCUT2D eigenvalue weighted by Crippen LogP contribution is -2.48. The number of hydrogen-bond acceptors (Lipinski definition) is 10. The number of nitrogens with two attached hydrogens (primary N) is 1. The number of thiophene rings is 1. The molecule has 6 atom stereocenters. The van der Waals surface area contributed by atoms with Gasteiger partial charge >= 0.3 is 12.1 Å². The fraction of sp³-hybridized carbons (Fsp3) is 0.600. The van der Waals surface area contributed by atoms with E-state index in [0.717, 1.165) is 49.0 Å². The molecule has 6 rings (SSSR count). The van der Waals surface area contributed by atoms with E-state index in [9.17, 15) is 14.9 Å². The van der Waals surface area contributed by atoms with Crippen molar-refractivity contribution in [2.45, 2.75) is 109 Å². The number of ether oxygens (including phenoxy) is 2. The molecule has 2 N–H and O–H groups in total. The minimum Gasteiger partial charge on any atom is -0.458 e. The maximum Gasteiger partial charge on any atom is 0.410 e. The van der Waals surface area contributed by atoms with Gasteiger partial charge in [-0.2, -0.15) is 10.2 Å². The third-order valence-electron chi connectivity index (χ3n) is 10.1. The van der Waals surface area contributed by atoms with Crippen molar-refractivity contribution in [3.05, 3.63) is 45.2 Å². The van der Waals surface area contributed by atoms with Crippen LogP contribution in [0.1, 0.15) is 99.6 Å². The Hall–Kier alpha value is -3.98. The van der Waals surface area contributed by atoms with Crippen LogP contribution in [0.3, 0.4) is 0 Å². The van der Waals surface area contributed by atoms with Crippen LogP contribution in [-0.4, -0.2) is 75.9 Å². The zero-order valence-corrected chi connectivity index (χ0v) is 29.2. The van der Waals surface area contributed by atoms with Crippen molar-refractivity contribution in [3.8, 4) is 12.1 Å². The third kappa shape index (κ3) is 5.99. The van der Waals surface area contributed by atoms with Gasteiger partial charge in [0.05, 0.1) is 17.9 Å². The van der Waals surface area contributed by atoms with E-state index in [-0.39, 0.29) is 35.7 Å². The van der Waals surface area contributed by atoms with Crippen LogP contribution in [0.2, 0.25) is 0 Å². The Balaban J connectivity index is 1.26. The number of aromatic nitrogens is 2. The van der Waals surface area contributed by atoms with Crippen LogP contribution < -0.4 is 10.5 Å². The van der Waals surface area contributed by atoms with Crippen LogP contribution in [0.4, 0.5) is 9.80 Å². The quantitative estimate of drug-likeness (QED) is 0.218. The number of nitriles is 1. The average molecular weight is 660 g/mol. The molecule has 0 radical (unpaired) electrons. The Morgan fingerprint density at radius 1 is 1.28 bits per heavy atom. The SMILES string of the molecule is C[C@H](Oc1nccc(C(=O)C2=C(N)[C@@]3(CCC2)CCCc2sc(N=CN(C)C)c(C#N)c23)n1)[C@@H]1CC2[C@H]([C@H]2C)N1C(=O)OC(C)(C)C. The summed E-state index contributed by atoms with van der Waals surface area (Å²) in [5, 5.41) is 11.0. The topological polar surface area (TPSA) is 147 Å². The van der Waals surface area contributed by atoms with Gasteiger partial charge in [0.25, 0.3) is 0 Å².